The largest absolute Gasteiger partial charge is 0.286 e. The van der Waals surface area contributed by atoms with Crippen LogP contribution in [0.15, 0.2) is 70.4 Å². The van der Waals surface area contributed by atoms with Crippen LogP contribution in [0.2, 0.25) is 0 Å². The van der Waals surface area contributed by atoms with Gasteiger partial charge in [-0.15, -0.1) is 0 Å². The van der Waals surface area contributed by atoms with E-state index in [0.717, 1.165) is 16.7 Å². The van der Waals surface area contributed by atoms with Crippen molar-refractivity contribution in [2.75, 3.05) is 5.01 Å². The molecular weight excluding hydrogens is 364 g/mol. The summed E-state index contributed by atoms with van der Waals surface area (Å²) in [5, 5.41) is 11.6. The SMILES string of the molecule is CC(C)=CC(=O)N1N=Cc2ccc(C)cc2C12C(=O)N(c1ccccc1)N=C2C. The lowest BCUT2D eigenvalue weighted by Crippen LogP contribution is -2.58. The first-order valence-corrected chi connectivity index (χ1v) is 9.45. The van der Waals surface area contributed by atoms with E-state index in [4.69, 9.17) is 0 Å². The Bertz CT molecular complexity index is 1100. The Morgan fingerprint density at radius 1 is 1.07 bits per heavy atom. The van der Waals surface area contributed by atoms with Gasteiger partial charge in [0.2, 0.25) is 5.54 Å². The predicted molar refractivity (Wildman–Crippen MR) is 114 cm³/mol. The third-order valence-corrected chi connectivity index (χ3v) is 5.13. The monoisotopic (exact) mass is 386 g/mol. The minimum atomic E-state index is -1.41. The number of nitrogens with zero attached hydrogens (tertiary/aromatic N) is 4. The van der Waals surface area contributed by atoms with Crippen LogP contribution in [0.4, 0.5) is 5.69 Å². The molecule has 2 aromatic rings. The van der Waals surface area contributed by atoms with E-state index in [2.05, 4.69) is 10.2 Å². The second-order valence-corrected chi connectivity index (χ2v) is 7.56. The number of hydrazone groups is 2. The Morgan fingerprint density at radius 2 is 1.79 bits per heavy atom. The molecular formula is C23H22N4O2. The maximum atomic E-state index is 13.9. The van der Waals surface area contributed by atoms with Crippen molar-refractivity contribution in [3.05, 3.63) is 76.9 Å². The number of benzene rings is 2. The molecule has 0 saturated heterocycles. The van der Waals surface area contributed by atoms with Gasteiger partial charge in [-0.1, -0.05) is 47.5 Å². The van der Waals surface area contributed by atoms with Gasteiger partial charge in [-0.25, -0.2) is 5.01 Å². The summed E-state index contributed by atoms with van der Waals surface area (Å²) in [4.78, 5) is 27.0. The summed E-state index contributed by atoms with van der Waals surface area (Å²) in [5.74, 6) is -0.674. The molecule has 2 aromatic carbocycles. The number of rotatable bonds is 2. The van der Waals surface area contributed by atoms with E-state index < -0.39 is 5.54 Å². The van der Waals surface area contributed by atoms with E-state index >= 15 is 0 Å². The van der Waals surface area contributed by atoms with Crippen LogP contribution in [0.3, 0.4) is 0 Å². The summed E-state index contributed by atoms with van der Waals surface area (Å²) in [6, 6.07) is 15.0. The quantitative estimate of drug-likeness (QED) is 0.738. The normalized spacial score (nSPS) is 20.0. The smallest absolute Gasteiger partial charge is 0.269 e. The van der Waals surface area contributed by atoms with E-state index in [1.165, 1.54) is 16.1 Å². The van der Waals surface area contributed by atoms with Gasteiger partial charge in [0.1, 0.15) is 0 Å². The zero-order valence-corrected chi connectivity index (χ0v) is 16.9. The fourth-order valence-electron chi connectivity index (χ4n) is 3.82. The van der Waals surface area contributed by atoms with Crippen molar-refractivity contribution in [3.8, 4) is 0 Å². The van der Waals surface area contributed by atoms with E-state index in [9.17, 15) is 9.59 Å². The van der Waals surface area contributed by atoms with E-state index in [0.29, 0.717) is 17.0 Å². The average molecular weight is 386 g/mol. The molecule has 0 radical (unpaired) electrons. The second kappa shape index (κ2) is 6.81. The topological polar surface area (TPSA) is 65.3 Å². The molecule has 6 heteroatoms. The number of aryl methyl sites for hydroxylation is 1. The zero-order chi connectivity index (χ0) is 20.8. The Morgan fingerprint density at radius 3 is 2.48 bits per heavy atom. The molecule has 0 bridgehead atoms. The van der Waals surface area contributed by atoms with Crippen molar-refractivity contribution < 1.29 is 9.59 Å². The predicted octanol–water partition coefficient (Wildman–Crippen LogP) is 3.76. The molecule has 0 aliphatic carbocycles. The maximum Gasteiger partial charge on any atom is 0.286 e. The molecule has 2 aliphatic heterocycles. The van der Waals surface area contributed by atoms with Gasteiger partial charge in [0.05, 0.1) is 17.6 Å². The molecule has 1 unspecified atom stereocenters. The number of hydrogen-bond acceptors (Lipinski definition) is 4. The average Bonchev–Trinajstić information content (AvgIpc) is 2.94. The Kier molecular flexibility index (Phi) is 4.42. The third-order valence-electron chi connectivity index (χ3n) is 5.13. The van der Waals surface area contributed by atoms with Crippen molar-refractivity contribution in [2.45, 2.75) is 33.2 Å². The first-order chi connectivity index (χ1) is 13.9. The van der Waals surface area contributed by atoms with Crippen molar-refractivity contribution in [1.29, 1.82) is 0 Å². The highest BCUT2D eigenvalue weighted by Crippen LogP contribution is 2.43. The summed E-state index contributed by atoms with van der Waals surface area (Å²) in [6.45, 7) is 7.41. The van der Waals surface area contributed by atoms with Crippen LogP contribution in [0.25, 0.3) is 0 Å². The van der Waals surface area contributed by atoms with Crippen molar-refractivity contribution >= 4 is 29.4 Å². The molecule has 6 nitrogen and oxygen atoms in total. The third kappa shape index (κ3) is 2.79. The number of para-hydroxylation sites is 1. The number of anilines is 1. The molecule has 2 aliphatic rings. The number of hydrogen-bond donors (Lipinski definition) is 0. The highest BCUT2D eigenvalue weighted by Gasteiger charge is 2.59. The molecule has 0 N–H and O–H groups in total. The van der Waals surface area contributed by atoms with E-state index in [-0.39, 0.29) is 11.8 Å². The molecule has 1 atom stereocenters. The Labute approximate surface area is 169 Å². The lowest BCUT2D eigenvalue weighted by Gasteiger charge is -2.39. The van der Waals surface area contributed by atoms with Gasteiger partial charge in [0.15, 0.2) is 0 Å². The number of carbonyl (C=O) groups is 2. The van der Waals surface area contributed by atoms with Gasteiger partial charge in [0.25, 0.3) is 11.8 Å². The number of allylic oxidation sites excluding steroid dienone is 1. The molecule has 0 fully saturated rings. The van der Waals surface area contributed by atoms with Gasteiger partial charge in [-0.2, -0.15) is 15.2 Å². The highest BCUT2D eigenvalue weighted by molar-refractivity contribution is 6.25. The number of amides is 2. The van der Waals surface area contributed by atoms with Crippen LogP contribution in [0.5, 0.6) is 0 Å². The molecule has 1 spiro atoms. The van der Waals surface area contributed by atoms with Crippen LogP contribution >= 0.6 is 0 Å². The molecule has 0 aromatic heterocycles. The minimum Gasteiger partial charge on any atom is -0.269 e. The fraction of sp³-hybridized carbons (Fsp3) is 0.217. The summed E-state index contributed by atoms with van der Waals surface area (Å²) < 4.78 is 0. The lowest BCUT2D eigenvalue weighted by molar-refractivity contribution is -0.139. The van der Waals surface area contributed by atoms with Crippen LogP contribution in [0.1, 0.15) is 37.5 Å². The first kappa shape index (κ1) is 18.8. The highest BCUT2D eigenvalue weighted by atomic mass is 16.2. The number of carbonyl (C=O) groups excluding carboxylic acids is 2. The Balaban J connectivity index is 1.96. The zero-order valence-electron chi connectivity index (χ0n) is 16.9. The van der Waals surface area contributed by atoms with Crippen LogP contribution in [-0.2, 0) is 15.1 Å². The molecule has 2 heterocycles. The van der Waals surface area contributed by atoms with Gasteiger partial charge in [-0.05, 0) is 39.8 Å². The van der Waals surface area contributed by atoms with Crippen LogP contribution in [0, 0.1) is 6.92 Å². The minimum absolute atomic E-state index is 0.319. The summed E-state index contributed by atoms with van der Waals surface area (Å²) in [7, 11) is 0. The van der Waals surface area contributed by atoms with Crippen molar-refractivity contribution in [3.63, 3.8) is 0 Å². The summed E-state index contributed by atoms with van der Waals surface area (Å²) in [6.07, 6.45) is 3.12. The van der Waals surface area contributed by atoms with Crippen molar-refractivity contribution in [1.82, 2.24) is 5.01 Å². The van der Waals surface area contributed by atoms with E-state index in [1.54, 1.807) is 13.1 Å². The Hall–Kier alpha value is -3.54. The van der Waals surface area contributed by atoms with Crippen LogP contribution in [-0.4, -0.2) is 28.7 Å². The second-order valence-electron chi connectivity index (χ2n) is 7.56. The molecule has 0 saturated carbocycles. The molecule has 4 rings (SSSR count). The van der Waals surface area contributed by atoms with Gasteiger partial charge >= 0.3 is 0 Å². The van der Waals surface area contributed by atoms with Gasteiger partial charge in [-0.3, -0.25) is 9.59 Å². The molecule has 146 valence electrons. The molecule has 29 heavy (non-hydrogen) atoms. The summed E-state index contributed by atoms with van der Waals surface area (Å²) in [5.41, 5.74) is 3.08. The summed E-state index contributed by atoms with van der Waals surface area (Å²) >= 11 is 0. The molecule has 2 amide bonds. The first-order valence-electron chi connectivity index (χ1n) is 9.45. The number of fused-ring (bicyclic) bond motifs is 2. The van der Waals surface area contributed by atoms with E-state index in [1.807, 2.05) is 69.3 Å². The van der Waals surface area contributed by atoms with Gasteiger partial charge < -0.3 is 0 Å². The van der Waals surface area contributed by atoms with Gasteiger partial charge in [0, 0.05) is 17.2 Å². The van der Waals surface area contributed by atoms with Crippen LogP contribution < -0.4 is 5.01 Å². The lowest BCUT2D eigenvalue weighted by atomic mass is 9.80. The fourth-order valence-corrected chi connectivity index (χ4v) is 3.82. The maximum absolute atomic E-state index is 13.9. The standard InChI is InChI=1S/C23H22N4O2/c1-15(2)12-21(28)27-23(20-13-16(3)10-11-18(20)14-24-27)17(4)25-26(22(23)29)19-8-6-5-7-9-19/h5-14H,1-4H3. The van der Waals surface area contributed by atoms with Crippen molar-refractivity contribution in [2.24, 2.45) is 10.2 Å².